The number of anilines is 1. The monoisotopic (exact) mass is 287 g/mol. The van der Waals surface area contributed by atoms with E-state index in [0.717, 1.165) is 23.9 Å². The molecule has 114 valence electrons. The maximum atomic E-state index is 6.16. The second kappa shape index (κ2) is 5.96. The number of rotatable bonds is 3. The molecule has 0 bridgehead atoms. The lowest BCUT2D eigenvalue weighted by Gasteiger charge is -2.36. The first-order valence-electron chi connectivity index (χ1n) is 7.92. The number of nitrogens with two attached hydrogens (primary N) is 1. The lowest BCUT2D eigenvalue weighted by Crippen LogP contribution is -2.45. The summed E-state index contributed by atoms with van der Waals surface area (Å²) in [4.78, 5) is 6.72. The van der Waals surface area contributed by atoms with Crippen molar-refractivity contribution in [3.05, 3.63) is 24.3 Å². The molecular weight excluding hydrogens is 262 g/mol. The van der Waals surface area contributed by atoms with Gasteiger partial charge in [0.25, 0.3) is 0 Å². The van der Waals surface area contributed by atoms with E-state index in [1.807, 2.05) is 18.2 Å². The van der Waals surface area contributed by atoms with Crippen LogP contribution in [-0.2, 0) is 0 Å². The van der Waals surface area contributed by atoms with Crippen LogP contribution in [0, 0.1) is 11.8 Å². The number of guanidine groups is 1. The van der Waals surface area contributed by atoms with Gasteiger partial charge in [0, 0.05) is 11.8 Å². The number of benzene rings is 1. The molecule has 1 aliphatic carbocycles. The average Bonchev–Trinajstić information content (AvgIpc) is 2.90. The van der Waals surface area contributed by atoms with Crippen molar-refractivity contribution in [3.63, 3.8) is 0 Å². The third-order valence-corrected chi connectivity index (χ3v) is 4.95. The van der Waals surface area contributed by atoms with Gasteiger partial charge in [-0.15, -0.1) is 0 Å². The van der Waals surface area contributed by atoms with Crippen LogP contribution in [0.15, 0.2) is 29.3 Å². The average molecular weight is 287 g/mol. The molecule has 1 fully saturated rings. The van der Waals surface area contributed by atoms with Crippen molar-refractivity contribution in [2.24, 2.45) is 22.6 Å². The molecule has 0 spiro atoms. The highest BCUT2D eigenvalue weighted by molar-refractivity contribution is 5.97. The summed E-state index contributed by atoms with van der Waals surface area (Å²) in [6.45, 7) is 3.18. The van der Waals surface area contributed by atoms with Gasteiger partial charge in [-0.25, -0.2) is 0 Å². The van der Waals surface area contributed by atoms with Gasteiger partial charge < -0.3 is 15.4 Å². The Balaban J connectivity index is 1.81. The molecule has 1 aromatic rings. The topological polar surface area (TPSA) is 50.9 Å². The summed E-state index contributed by atoms with van der Waals surface area (Å²) in [7, 11) is 1.69. The summed E-state index contributed by atoms with van der Waals surface area (Å²) in [6, 6.07) is 8.52. The molecule has 21 heavy (non-hydrogen) atoms. The molecule has 1 heterocycles. The highest BCUT2D eigenvalue weighted by Crippen LogP contribution is 2.36. The van der Waals surface area contributed by atoms with Crippen LogP contribution in [0.1, 0.15) is 32.6 Å². The molecule has 1 atom stereocenters. The van der Waals surface area contributed by atoms with Crippen molar-refractivity contribution in [2.75, 3.05) is 18.6 Å². The van der Waals surface area contributed by atoms with Gasteiger partial charge in [-0.05, 0) is 36.8 Å². The predicted molar refractivity (Wildman–Crippen MR) is 86.9 cm³/mol. The minimum atomic E-state index is 0.407. The Hall–Kier alpha value is -1.71. The first-order chi connectivity index (χ1) is 10.2. The van der Waals surface area contributed by atoms with E-state index in [2.05, 4.69) is 22.9 Å². The van der Waals surface area contributed by atoms with E-state index in [1.165, 1.54) is 25.7 Å². The Morgan fingerprint density at radius 2 is 2.00 bits per heavy atom. The molecular formula is C17H25N3O. The quantitative estimate of drug-likeness (QED) is 0.929. The highest BCUT2D eigenvalue weighted by Gasteiger charge is 2.35. The van der Waals surface area contributed by atoms with Crippen molar-refractivity contribution < 1.29 is 4.74 Å². The van der Waals surface area contributed by atoms with Gasteiger partial charge >= 0.3 is 0 Å². The molecule has 4 nitrogen and oxygen atoms in total. The summed E-state index contributed by atoms with van der Waals surface area (Å²) in [5.74, 6) is 3.07. The zero-order valence-corrected chi connectivity index (χ0v) is 13.0. The Morgan fingerprint density at radius 1 is 1.24 bits per heavy atom. The van der Waals surface area contributed by atoms with Gasteiger partial charge in [-0.3, -0.25) is 4.99 Å². The summed E-state index contributed by atoms with van der Waals surface area (Å²) < 4.78 is 5.34. The van der Waals surface area contributed by atoms with Crippen LogP contribution in [0.2, 0.25) is 0 Å². The third kappa shape index (κ3) is 2.85. The zero-order chi connectivity index (χ0) is 14.8. The molecule has 1 aromatic carbocycles. The van der Waals surface area contributed by atoms with Gasteiger partial charge in [0.2, 0.25) is 0 Å². The number of nitrogens with zero attached hydrogens (tertiary/aromatic N) is 2. The van der Waals surface area contributed by atoms with Crippen molar-refractivity contribution in [1.82, 2.24) is 0 Å². The first kappa shape index (κ1) is 14.2. The van der Waals surface area contributed by atoms with Crippen LogP contribution in [0.5, 0.6) is 5.75 Å². The van der Waals surface area contributed by atoms with E-state index >= 15 is 0 Å². The van der Waals surface area contributed by atoms with Crippen LogP contribution in [0.3, 0.4) is 0 Å². The molecule has 3 rings (SSSR count). The molecule has 2 N–H and O–H groups in total. The molecule has 1 aliphatic heterocycles. The lowest BCUT2D eigenvalue weighted by molar-refractivity contribution is 0.261. The van der Waals surface area contributed by atoms with E-state index in [-0.39, 0.29) is 0 Å². The second-order valence-electron chi connectivity index (χ2n) is 6.36. The van der Waals surface area contributed by atoms with Gasteiger partial charge in [0.05, 0.1) is 19.7 Å². The Labute approximate surface area is 127 Å². The van der Waals surface area contributed by atoms with E-state index in [9.17, 15) is 0 Å². The normalized spacial score (nSPS) is 29.3. The van der Waals surface area contributed by atoms with Crippen LogP contribution >= 0.6 is 0 Å². The fourth-order valence-corrected chi connectivity index (χ4v) is 3.63. The number of aliphatic imine (C=N–C) groups is 1. The summed E-state index contributed by atoms with van der Waals surface area (Å²) in [6.07, 6.45) is 5.23. The Kier molecular flexibility index (Phi) is 4.04. The molecule has 0 saturated heterocycles. The van der Waals surface area contributed by atoms with Crippen molar-refractivity contribution in [1.29, 1.82) is 0 Å². The standard InChI is InChI=1S/C17H25N3O/c1-12-6-8-13(9-7-12)16-11-19-17(18)20(16)14-4-3-5-15(10-14)21-2/h3-5,10,12-13,16H,6-9,11H2,1-2H3,(H2,18,19). The van der Waals surface area contributed by atoms with E-state index in [4.69, 9.17) is 10.5 Å². The molecule has 2 aliphatic rings. The van der Waals surface area contributed by atoms with Gasteiger partial charge in [0.15, 0.2) is 5.96 Å². The Bertz CT molecular complexity index is 521. The fourth-order valence-electron chi connectivity index (χ4n) is 3.63. The Morgan fingerprint density at radius 3 is 2.71 bits per heavy atom. The van der Waals surface area contributed by atoms with Crippen molar-refractivity contribution in [3.8, 4) is 5.75 Å². The third-order valence-electron chi connectivity index (χ3n) is 4.95. The molecule has 1 unspecified atom stereocenters. The second-order valence-corrected chi connectivity index (χ2v) is 6.36. The van der Waals surface area contributed by atoms with E-state index in [0.29, 0.717) is 17.9 Å². The minimum absolute atomic E-state index is 0.407. The molecule has 0 amide bonds. The predicted octanol–water partition coefficient (Wildman–Crippen LogP) is 3.02. The first-order valence-corrected chi connectivity index (χ1v) is 7.92. The van der Waals surface area contributed by atoms with Crippen LogP contribution in [-0.4, -0.2) is 25.7 Å². The fraction of sp³-hybridized carbons (Fsp3) is 0.588. The van der Waals surface area contributed by atoms with E-state index < -0.39 is 0 Å². The van der Waals surface area contributed by atoms with Gasteiger partial charge in [-0.2, -0.15) is 0 Å². The van der Waals surface area contributed by atoms with Crippen molar-refractivity contribution >= 4 is 11.6 Å². The van der Waals surface area contributed by atoms with Crippen LogP contribution in [0.25, 0.3) is 0 Å². The molecule has 1 saturated carbocycles. The summed E-state index contributed by atoms with van der Waals surface area (Å²) in [5.41, 5.74) is 7.26. The van der Waals surface area contributed by atoms with Gasteiger partial charge in [0.1, 0.15) is 5.75 Å². The largest absolute Gasteiger partial charge is 0.497 e. The van der Waals surface area contributed by atoms with Gasteiger partial charge in [-0.1, -0.05) is 25.8 Å². The maximum Gasteiger partial charge on any atom is 0.196 e. The van der Waals surface area contributed by atoms with Crippen LogP contribution in [0.4, 0.5) is 5.69 Å². The van der Waals surface area contributed by atoms with Crippen molar-refractivity contribution in [2.45, 2.75) is 38.6 Å². The number of hydrogen-bond acceptors (Lipinski definition) is 4. The zero-order valence-electron chi connectivity index (χ0n) is 13.0. The SMILES string of the molecule is COc1cccc(N2C(N)=NCC2C2CCC(C)CC2)c1. The summed E-state index contributed by atoms with van der Waals surface area (Å²) >= 11 is 0. The molecule has 0 radical (unpaired) electrons. The number of methoxy groups -OCH3 is 1. The summed E-state index contributed by atoms with van der Waals surface area (Å²) in [5, 5.41) is 0. The molecule has 4 heteroatoms. The minimum Gasteiger partial charge on any atom is -0.497 e. The maximum absolute atomic E-state index is 6.16. The lowest BCUT2D eigenvalue weighted by atomic mass is 9.79. The van der Waals surface area contributed by atoms with E-state index in [1.54, 1.807) is 7.11 Å². The number of hydrogen-bond donors (Lipinski definition) is 1. The smallest absolute Gasteiger partial charge is 0.196 e. The van der Waals surface area contributed by atoms with Crippen LogP contribution < -0.4 is 15.4 Å². The number of ether oxygens (including phenoxy) is 1. The molecule has 0 aromatic heterocycles. The highest BCUT2D eigenvalue weighted by atomic mass is 16.5.